The van der Waals surface area contributed by atoms with Gasteiger partial charge in [-0.05, 0) is 37.1 Å². The Labute approximate surface area is 228 Å². The van der Waals surface area contributed by atoms with E-state index in [1.165, 1.54) is 23.2 Å². The second kappa shape index (κ2) is 12.4. The molecule has 178 valence electrons. The van der Waals surface area contributed by atoms with Crippen LogP contribution >= 0.6 is 0 Å². The fourth-order valence-corrected chi connectivity index (χ4v) is 3.29. The Bertz CT molecular complexity index is 1100. The minimum Gasteiger partial charge on any atom is -0.550 e. The zero-order valence-electron chi connectivity index (χ0n) is 18.2. The number of amides is 3. The van der Waals surface area contributed by atoms with Crippen molar-refractivity contribution in [1.29, 1.82) is 0 Å². The number of anilines is 1. The van der Waals surface area contributed by atoms with Gasteiger partial charge in [-0.1, -0.05) is 0 Å². The first-order valence-electron chi connectivity index (χ1n) is 9.98. The standard InChI is InChI=1S/C20H21N7O7.Ca/c21-20-25-16-15(18(32)26-20)27(9-28)12(8-23-16)7-22-11-3-1-10(2-4-11)17(31)24-13(19(33)34)5-6-14(29)30;/h1-4,8-9,12-13,15,22H,5-7H2,(H,24,31)(H,29,30)(H,33,34)(H2,21,26,32);/q;+2/p-2. The summed E-state index contributed by atoms with van der Waals surface area (Å²) in [5.41, 5.74) is 6.14. The molecule has 0 aliphatic carbocycles. The number of carbonyl (C=O) groups is 5. The van der Waals surface area contributed by atoms with E-state index in [1.807, 2.05) is 0 Å². The van der Waals surface area contributed by atoms with Gasteiger partial charge in [0.05, 0.1) is 18.1 Å². The van der Waals surface area contributed by atoms with Crippen LogP contribution in [0.15, 0.2) is 39.2 Å². The van der Waals surface area contributed by atoms with Gasteiger partial charge in [-0.15, -0.1) is 0 Å². The molecule has 3 amide bonds. The van der Waals surface area contributed by atoms with E-state index in [2.05, 4.69) is 25.6 Å². The van der Waals surface area contributed by atoms with Gasteiger partial charge in [0, 0.05) is 30.0 Å². The van der Waals surface area contributed by atoms with Crippen molar-refractivity contribution in [2.75, 3.05) is 11.9 Å². The van der Waals surface area contributed by atoms with Crippen LogP contribution in [-0.4, -0.2) is 115 Å². The third kappa shape index (κ3) is 7.07. The third-order valence-corrected chi connectivity index (χ3v) is 5.00. The number of fused-ring (bicyclic) bond motifs is 1. The second-order valence-electron chi connectivity index (χ2n) is 7.29. The first-order valence-corrected chi connectivity index (χ1v) is 9.98. The molecule has 1 aromatic carbocycles. The third-order valence-electron chi connectivity index (χ3n) is 5.00. The molecule has 3 unspecified atom stereocenters. The Balaban J connectivity index is 0.00000432. The van der Waals surface area contributed by atoms with Gasteiger partial charge in [0.1, 0.15) is 0 Å². The Morgan fingerprint density at radius 3 is 2.46 bits per heavy atom. The Morgan fingerprint density at radius 1 is 1.17 bits per heavy atom. The molecule has 0 saturated heterocycles. The SMILES string of the molecule is NC1=NC(=O)C2C(=N1)N=CC(CNc1ccc(C(=O)NC(CCC(=O)[O-])C(=O)[O-])cc1)N2C=O.[Ca+2]. The number of aliphatic carboxylic acids is 2. The van der Waals surface area contributed by atoms with Gasteiger partial charge in [-0.25, -0.2) is 4.99 Å². The number of hydrogen-bond donors (Lipinski definition) is 3. The van der Waals surface area contributed by atoms with E-state index in [4.69, 9.17) is 5.73 Å². The molecule has 3 atom stereocenters. The van der Waals surface area contributed by atoms with Crippen molar-refractivity contribution >= 4 is 91.6 Å². The fourth-order valence-electron chi connectivity index (χ4n) is 3.29. The number of nitrogens with one attached hydrogen (secondary N) is 2. The van der Waals surface area contributed by atoms with E-state index >= 15 is 0 Å². The number of guanidine groups is 1. The van der Waals surface area contributed by atoms with Gasteiger partial charge in [-0.3, -0.25) is 14.4 Å². The number of rotatable bonds is 10. The zero-order valence-corrected chi connectivity index (χ0v) is 20.5. The van der Waals surface area contributed by atoms with Crippen molar-refractivity contribution in [2.45, 2.75) is 31.0 Å². The van der Waals surface area contributed by atoms with Gasteiger partial charge in [0.2, 0.25) is 12.4 Å². The molecule has 0 radical (unpaired) electrons. The smallest absolute Gasteiger partial charge is 0.550 e. The normalized spacial score (nSPS) is 19.3. The molecular formula is C20H19CaN7O7. The number of carboxylic acid groups (broad SMARTS) is 2. The van der Waals surface area contributed by atoms with Gasteiger partial charge in [0.25, 0.3) is 11.8 Å². The molecule has 4 N–H and O–H groups in total. The average Bonchev–Trinajstić information content (AvgIpc) is 2.79. The summed E-state index contributed by atoms with van der Waals surface area (Å²) in [5, 5.41) is 26.9. The van der Waals surface area contributed by atoms with Crippen LogP contribution in [0.25, 0.3) is 0 Å². The van der Waals surface area contributed by atoms with E-state index in [0.717, 1.165) is 0 Å². The van der Waals surface area contributed by atoms with E-state index in [9.17, 15) is 34.2 Å². The second-order valence-corrected chi connectivity index (χ2v) is 7.29. The van der Waals surface area contributed by atoms with Crippen LogP contribution in [-0.2, 0) is 19.2 Å². The number of benzene rings is 1. The van der Waals surface area contributed by atoms with Crippen molar-refractivity contribution in [2.24, 2.45) is 20.7 Å². The molecule has 0 bridgehead atoms. The Kier molecular flexibility index (Phi) is 9.86. The molecule has 35 heavy (non-hydrogen) atoms. The van der Waals surface area contributed by atoms with Crippen LogP contribution in [0.3, 0.4) is 0 Å². The molecule has 0 saturated carbocycles. The summed E-state index contributed by atoms with van der Waals surface area (Å²) in [6, 6.07) is 2.76. The number of nitrogens with two attached hydrogens (primary N) is 1. The van der Waals surface area contributed by atoms with Crippen LogP contribution in [0.4, 0.5) is 5.69 Å². The summed E-state index contributed by atoms with van der Waals surface area (Å²) in [6.45, 7) is 0.167. The van der Waals surface area contributed by atoms with Crippen molar-refractivity contribution < 1.29 is 34.2 Å². The van der Waals surface area contributed by atoms with Crippen molar-refractivity contribution in [1.82, 2.24) is 10.2 Å². The largest absolute Gasteiger partial charge is 2.00 e. The number of amidine groups is 1. The topological polar surface area (TPSA) is 222 Å². The van der Waals surface area contributed by atoms with Crippen molar-refractivity contribution in [3.05, 3.63) is 29.8 Å². The maximum absolute atomic E-state index is 12.3. The monoisotopic (exact) mass is 509 g/mol. The minimum atomic E-state index is -1.61. The molecular weight excluding hydrogens is 490 g/mol. The Morgan fingerprint density at radius 2 is 1.86 bits per heavy atom. The average molecular weight is 509 g/mol. The van der Waals surface area contributed by atoms with Crippen LogP contribution < -0.4 is 26.6 Å². The molecule has 0 fully saturated rings. The number of nitrogens with zero attached hydrogens (tertiary/aromatic N) is 4. The molecule has 14 nitrogen and oxygen atoms in total. The molecule has 0 aromatic heterocycles. The van der Waals surface area contributed by atoms with Gasteiger partial charge in [-0.2, -0.15) is 9.98 Å². The molecule has 1 aromatic rings. The first-order chi connectivity index (χ1) is 16.2. The summed E-state index contributed by atoms with van der Waals surface area (Å²) >= 11 is 0. The van der Waals surface area contributed by atoms with Crippen LogP contribution in [0.1, 0.15) is 23.2 Å². The minimum absolute atomic E-state index is 0. The van der Waals surface area contributed by atoms with E-state index < -0.39 is 48.3 Å². The predicted octanol–water partition coefficient (Wildman–Crippen LogP) is -4.37. The van der Waals surface area contributed by atoms with Gasteiger partial charge in [0.15, 0.2) is 11.9 Å². The van der Waals surface area contributed by atoms with Crippen LogP contribution in [0.5, 0.6) is 0 Å². The van der Waals surface area contributed by atoms with Crippen molar-refractivity contribution in [3.8, 4) is 0 Å². The molecule has 3 rings (SSSR count). The van der Waals surface area contributed by atoms with Gasteiger partial charge < -0.3 is 41.1 Å². The number of carboxylic acids is 2. The van der Waals surface area contributed by atoms with Crippen LogP contribution in [0.2, 0.25) is 0 Å². The maximum Gasteiger partial charge on any atom is 2.00 e. The summed E-state index contributed by atoms with van der Waals surface area (Å²) in [4.78, 5) is 70.5. The Hall–Kier alpha value is -3.36. The van der Waals surface area contributed by atoms with E-state index in [0.29, 0.717) is 12.1 Å². The molecule has 2 heterocycles. The number of carbonyl (C=O) groups excluding carboxylic acids is 5. The van der Waals surface area contributed by atoms with Gasteiger partial charge >= 0.3 is 37.7 Å². The molecule has 0 spiro atoms. The maximum atomic E-state index is 12.3. The summed E-state index contributed by atoms with van der Waals surface area (Å²) in [7, 11) is 0. The summed E-state index contributed by atoms with van der Waals surface area (Å²) < 4.78 is 0. The summed E-state index contributed by atoms with van der Waals surface area (Å²) in [5.74, 6) is -4.59. The predicted molar refractivity (Wildman–Crippen MR) is 119 cm³/mol. The first kappa shape index (κ1) is 27.9. The summed E-state index contributed by atoms with van der Waals surface area (Å²) in [6.07, 6.45) is 1.01. The molecule has 2 aliphatic rings. The molecule has 15 heteroatoms. The van der Waals surface area contributed by atoms with E-state index in [-0.39, 0.29) is 68.1 Å². The molecule has 2 aliphatic heterocycles. The van der Waals surface area contributed by atoms with Crippen LogP contribution in [0, 0.1) is 0 Å². The number of aliphatic imine (C=N–C) groups is 3. The number of hydrogen-bond acceptors (Lipinski definition) is 11. The van der Waals surface area contributed by atoms with E-state index in [1.54, 1.807) is 12.1 Å². The quantitative estimate of drug-likeness (QED) is 0.204. The van der Waals surface area contributed by atoms with Crippen molar-refractivity contribution in [3.63, 3.8) is 0 Å². The zero-order chi connectivity index (χ0) is 24.8. The fraction of sp³-hybridized carbons (Fsp3) is 0.300.